The van der Waals surface area contributed by atoms with E-state index in [1.807, 2.05) is 42.5 Å². The van der Waals surface area contributed by atoms with E-state index in [-0.39, 0.29) is 0 Å². The Morgan fingerprint density at radius 2 is 0.863 bits per heavy atom. The Labute approximate surface area is 312 Å². The molecule has 0 atom stereocenters. The largest absolute Gasteiger partial charge is 0.457 e. The van der Waals surface area contributed by atoms with E-state index in [2.05, 4.69) is 185 Å². The van der Waals surface area contributed by atoms with Gasteiger partial charge in [0.1, 0.15) is 11.5 Å². The second kappa shape index (κ2) is 14.9. The molecule has 1 heterocycles. The highest BCUT2D eigenvalue weighted by Crippen LogP contribution is 2.37. The van der Waals surface area contributed by atoms with Crippen LogP contribution in [0.1, 0.15) is 0 Å². The van der Waals surface area contributed by atoms with Gasteiger partial charge < -0.3 is 9.64 Å². The molecule has 7 aromatic carbocycles. The van der Waals surface area contributed by atoms with Crippen LogP contribution in [-0.2, 0) is 0 Å². The van der Waals surface area contributed by atoms with Crippen LogP contribution in [0.3, 0.4) is 0 Å². The van der Waals surface area contributed by atoms with Crippen molar-refractivity contribution in [2.24, 2.45) is 0 Å². The van der Waals surface area contributed by atoms with E-state index < -0.39 is 0 Å². The van der Waals surface area contributed by atoms with Crippen LogP contribution >= 0.6 is 22.6 Å². The van der Waals surface area contributed by atoms with Gasteiger partial charge in [0.15, 0.2) is 0 Å². The monoisotopic (exact) mass is 768 g/mol. The summed E-state index contributed by atoms with van der Waals surface area (Å²) in [6.45, 7) is 0. The fourth-order valence-corrected chi connectivity index (χ4v) is 6.77. The van der Waals surface area contributed by atoms with Gasteiger partial charge >= 0.3 is 0 Å². The van der Waals surface area contributed by atoms with E-state index in [9.17, 15) is 0 Å². The van der Waals surface area contributed by atoms with Crippen LogP contribution < -0.4 is 9.64 Å². The second-order valence-electron chi connectivity index (χ2n) is 12.2. The average molecular weight is 769 g/mol. The predicted octanol–water partition coefficient (Wildman–Crippen LogP) is 13.6. The van der Waals surface area contributed by atoms with E-state index in [1.54, 1.807) is 0 Å². The lowest BCUT2D eigenvalue weighted by molar-refractivity contribution is 0.483. The van der Waals surface area contributed by atoms with Crippen molar-refractivity contribution in [1.29, 1.82) is 0 Å². The Hall–Kier alpha value is -5.98. The minimum Gasteiger partial charge on any atom is -0.457 e. The molecule has 244 valence electrons. The molecule has 0 aliphatic carbocycles. The lowest BCUT2D eigenvalue weighted by Crippen LogP contribution is -2.09. The van der Waals surface area contributed by atoms with E-state index in [1.165, 1.54) is 14.7 Å². The van der Waals surface area contributed by atoms with Gasteiger partial charge in [-0.3, -0.25) is 0 Å². The molecule has 51 heavy (non-hydrogen) atoms. The molecule has 1 aromatic heterocycles. The number of nitrogens with zero attached hydrogens (tertiary/aromatic N) is 2. The number of ether oxygens (including phenoxy) is 1. The van der Waals surface area contributed by atoms with Crippen molar-refractivity contribution in [1.82, 2.24) is 4.98 Å². The van der Waals surface area contributed by atoms with E-state index >= 15 is 0 Å². The van der Waals surface area contributed by atoms with Crippen molar-refractivity contribution in [3.8, 4) is 56.3 Å². The Morgan fingerprint density at radius 1 is 0.353 bits per heavy atom. The number of benzene rings is 7. The molecular formula is C47H33IN2O. The highest BCUT2D eigenvalue weighted by Gasteiger charge is 2.14. The maximum atomic E-state index is 6.44. The molecular weight excluding hydrogens is 735 g/mol. The normalized spacial score (nSPS) is 10.8. The number of rotatable bonds is 9. The quantitative estimate of drug-likeness (QED) is 0.137. The van der Waals surface area contributed by atoms with Gasteiger partial charge in [-0.15, -0.1) is 0 Å². The Bertz CT molecular complexity index is 2380. The number of para-hydroxylation sites is 1. The molecule has 0 N–H and O–H groups in total. The summed E-state index contributed by atoms with van der Waals surface area (Å²) in [6, 6.07) is 69.3. The lowest BCUT2D eigenvalue weighted by Gasteiger charge is -2.25. The topological polar surface area (TPSA) is 25.4 Å². The van der Waals surface area contributed by atoms with Crippen LogP contribution in [0.5, 0.6) is 11.5 Å². The smallest absolute Gasteiger partial charge is 0.128 e. The summed E-state index contributed by atoms with van der Waals surface area (Å²) >= 11 is 2.36. The lowest BCUT2D eigenvalue weighted by atomic mass is 9.97. The minimum atomic E-state index is 0.749. The fourth-order valence-electron chi connectivity index (χ4n) is 6.25. The number of anilines is 3. The van der Waals surface area contributed by atoms with Crippen LogP contribution in [0.25, 0.3) is 44.8 Å². The van der Waals surface area contributed by atoms with Crippen molar-refractivity contribution in [3.63, 3.8) is 0 Å². The average Bonchev–Trinajstić information content (AvgIpc) is 3.20. The first kappa shape index (κ1) is 32.2. The summed E-state index contributed by atoms with van der Waals surface area (Å²) in [6.07, 6.45) is 0. The van der Waals surface area contributed by atoms with Crippen molar-refractivity contribution in [3.05, 3.63) is 204 Å². The van der Waals surface area contributed by atoms with Gasteiger partial charge in [0.05, 0.1) is 11.4 Å². The van der Waals surface area contributed by atoms with Crippen molar-refractivity contribution in [2.75, 3.05) is 4.90 Å². The van der Waals surface area contributed by atoms with E-state index in [0.29, 0.717) is 0 Å². The van der Waals surface area contributed by atoms with Gasteiger partial charge in [0.25, 0.3) is 0 Å². The molecule has 0 fully saturated rings. The summed E-state index contributed by atoms with van der Waals surface area (Å²) in [5, 5.41) is 0. The molecule has 8 aromatic rings. The Balaban J connectivity index is 1.10. The maximum Gasteiger partial charge on any atom is 0.128 e. The zero-order valence-corrected chi connectivity index (χ0v) is 29.9. The summed E-state index contributed by atoms with van der Waals surface area (Å²) in [4.78, 5) is 7.40. The third-order valence-electron chi connectivity index (χ3n) is 8.76. The van der Waals surface area contributed by atoms with Crippen molar-refractivity contribution >= 4 is 39.7 Å². The molecule has 0 spiro atoms. The first-order valence-electron chi connectivity index (χ1n) is 16.9. The molecule has 0 unspecified atom stereocenters. The van der Waals surface area contributed by atoms with Crippen LogP contribution in [0.2, 0.25) is 0 Å². The SMILES string of the molecule is Ic1cccc(N(c2ccccc2)c2ccc(Oc3cccc(-c4cc(-c5ccc(-c6ccccc6)cc5)cc(-c5ccccc5)n4)c3)cc2)c1. The molecule has 8 rings (SSSR count). The third-order valence-corrected chi connectivity index (χ3v) is 9.43. The van der Waals surface area contributed by atoms with Crippen LogP contribution in [0.15, 0.2) is 200 Å². The first-order chi connectivity index (χ1) is 25.2. The predicted molar refractivity (Wildman–Crippen MR) is 220 cm³/mol. The van der Waals surface area contributed by atoms with Gasteiger partial charge in [-0.1, -0.05) is 121 Å². The first-order valence-corrected chi connectivity index (χ1v) is 18.0. The molecule has 4 heteroatoms. The highest BCUT2D eigenvalue weighted by molar-refractivity contribution is 14.1. The Kier molecular flexibility index (Phi) is 9.40. The van der Waals surface area contributed by atoms with Crippen LogP contribution in [-0.4, -0.2) is 4.98 Å². The van der Waals surface area contributed by atoms with Crippen LogP contribution in [0, 0.1) is 3.57 Å². The van der Waals surface area contributed by atoms with Crippen LogP contribution in [0.4, 0.5) is 17.1 Å². The maximum absolute atomic E-state index is 6.44. The molecule has 0 aliphatic rings. The molecule has 3 nitrogen and oxygen atoms in total. The summed E-state index contributed by atoms with van der Waals surface area (Å²) in [5.41, 5.74) is 11.8. The van der Waals surface area contributed by atoms with Gasteiger partial charge in [-0.05, 0) is 124 Å². The molecule has 0 saturated carbocycles. The molecule has 0 aliphatic heterocycles. The molecule has 0 radical (unpaired) electrons. The number of aromatic nitrogens is 1. The zero-order valence-electron chi connectivity index (χ0n) is 27.7. The highest BCUT2D eigenvalue weighted by atomic mass is 127. The fraction of sp³-hybridized carbons (Fsp3) is 0. The van der Waals surface area contributed by atoms with Crippen molar-refractivity contribution < 1.29 is 4.74 Å². The summed E-state index contributed by atoms with van der Waals surface area (Å²) in [7, 11) is 0. The second-order valence-corrected chi connectivity index (χ2v) is 13.5. The molecule has 0 amide bonds. The van der Waals surface area contributed by atoms with Crippen molar-refractivity contribution in [2.45, 2.75) is 0 Å². The number of hydrogen-bond acceptors (Lipinski definition) is 3. The van der Waals surface area contributed by atoms with Gasteiger partial charge in [-0.2, -0.15) is 0 Å². The Morgan fingerprint density at radius 3 is 1.53 bits per heavy atom. The standard InChI is InChI=1S/C47H33IN2O/c48-40-17-11-20-43(33-40)50(41-18-8-3-9-19-41)42-26-28-44(29-27-42)51-45-21-10-16-38(30-45)47-32-39(31-46(49-47)37-14-6-2-7-15-37)36-24-22-35(23-25-36)34-12-4-1-5-13-34/h1-33H. The van der Waals surface area contributed by atoms with E-state index in [4.69, 9.17) is 9.72 Å². The minimum absolute atomic E-state index is 0.749. The number of halogens is 1. The zero-order chi connectivity index (χ0) is 34.4. The van der Waals surface area contributed by atoms with Gasteiger partial charge in [-0.25, -0.2) is 4.98 Å². The molecule has 0 bridgehead atoms. The van der Waals surface area contributed by atoms with Gasteiger partial charge in [0.2, 0.25) is 0 Å². The molecule has 0 saturated heterocycles. The van der Waals surface area contributed by atoms with E-state index in [0.717, 1.165) is 62.2 Å². The van der Waals surface area contributed by atoms with Gasteiger partial charge in [0, 0.05) is 31.8 Å². The summed E-state index contributed by atoms with van der Waals surface area (Å²) < 4.78 is 7.63. The number of hydrogen-bond donors (Lipinski definition) is 0. The number of pyridine rings is 1. The third kappa shape index (κ3) is 7.47. The summed E-state index contributed by atoms with van der Waals surface area (Å²) in [5.74, 6) is 1.51.